The highest BCUT2D eigenvalue weighted by atomic mass is 15.2. The largest absolute Gasteiger partial charge is 0.312 e. The Morgan fingerprint density at radius 1 is 0.347 bits per heavy atom. The Bertz CT molecular complexity index is 3940. The molecular weight excluding hydrogens is 904 g/mol. The molecule has 75 heavy (non-hydrogen) atoms. The van der Waals surface area contributed by atoms with Gasteiger partial charge in [-0.2, -0.15) is 0 Å². The summed E-state index contributed by atoms with van der Waals surface area (Å²) in [6.07, 6.45) is 0. The standard InChI is InChI=1S/C70H65B2N3/c1-67(2,3)42-31-33-54-50(35-42)52-37-44(69(7,8)9)39-59-62(52)71(54)56-41-61(74-57-29-21-19-27-48(57)49-28-20-22-30-58(49)74)66(73(46-23-15-13-16-24-46)47-25-17-14-18-26-47)64-65(56)75(59)60-40-45(70(10,11)12)38-53-51-36-43(68(4,5)6)32-34-55(51)72(64)63(53)60/h13-41H,1-12H3. The van der Waals surface area contributed by atoms with Crippen LogP contribution in [0.15, 0.2) is 176 Å². The third kappa shape index (κ3) is 6.62. The smallest absolute Gasteiger partial charge is 0.251 e. The second kappa shape index (κ2) is 15.5. The van der Waals surface area contributed by atoms with Gasteiger partial charge in [-0.25, -0.2) is 0 Å². The van der Waals surface area contributed by atoms with Gasteiger partial charge in [0.05, 0.1) is 22.4 Å². The van der Waals surface area contributed by atoms with E-state index in [0.717, 1.165) is 11.4 Å². The number of hydrogen-bond donors (Lipinski definition) is 0. The Morgan fingerprint density at radius 2 is 0.760 bits per heavy atom. The van der Waals surface area contributed by atoms with Crippen LogP contribution in [0.2, 0.25) is 0 Å². The van der Waals surface area contributed by atoms with Crippen molar-refractivity contribution in [2.75, 3.05) is 9.80 Å². The van der Waals surface area contributed by atoms with Crippen molar-refractivity contribution in [3.05, 3.63) is 198 Å². The highest BCUT2D eigenvalue weighted by molar-refractivity contribution is 7.06. The molecule has 0 saturated carbocycles. The zero-order valence-electron chi connectivity index (χ0n) is 45.7. The van der Waals surface area contributed by atoms with E-state index >= 15 is 0 Å². The van der Waals surface area contributed by atoms with Crippen molar-refractivity contribution in [3.8, 4) is 27.9 Å². The van der Waals surface area contributed by atoms with E-state index in [0.29, 0.717) is 0 Å². The first-order chi connectivity index (χ1) is 35.8. The summed E-state index contributed by atoms with van der Waals surface area (Å²) in [6, 6.07) is 68.5. The predicted molar refractivity (Wildman–Crippen MR) is 325 cm³/mol. The van der Waals surface area contributed by atoms with Crippen LogP contribution < -0.4 is 42.6 Å². The summed E-state index contributed by atoms with van der Waals surface area (Å²) >= 11 is 0. The second-order valence-electron chi connectivity index (χ2n) is 26.2. The lowest BCUT2D eigenvalue weighted by Gasteiger charge is -2.46. The molecule has 0 fully saturated rings. The van der Waals surface area contributed by atoms with Gasteiger partial charge in [-0.05, 0) is 143 Å². The van der Waals surface area contributed by atoms with Gasteiger partial charge in [-0.15, -0.1) is 0 Å². The number of benzene rings is 9. The van der Waals surface area contributed by atoms with Crippen LogP contribution in [0.1, 0.15) is 105 Å². The van der Waals surface area contributed by atoms with Gasteiger partial charge < -0.3 is 14.4 Å². The normalized spacial score (nSPS) is 14.1. The van der Waals surface area contributed by atoms with Crippen LogP contribution in [0.4, 0.5) is 34.1 Å². The maximum Gasteiger partial charge on any atom is 0.251 e. The lowest BCUT2D eigenvalue weighted by atomic mass is 9.32. The molecule has 0 N–H and O–H groups in total. The minimum Gasteiger partial charge on any atom is -0.312 e. The minimum absolute atomic E-state index is 0.00297. The summed E-state index contributed by atoms with van der Waals surface area (Å²) in [7, 11) is 0. The zero-order chi connectivity index (χ0) is 51.8. The van der Waals surface area contributed by atoms with Crippen LogP contribution in [0.3, 0.4) is 0 Å². The molecule has 0 bridgehead atoms. The fourth-order valence-electron chi connectivity index (χ4n) is 13.5. The molecule has 0 aliphatic carbocycles. The van der Waals surface area contributed by atoms with Gasteiger partial charge in [0.1, 0.15) is 0 Å². The molecule has 14 rings (SSSR count). The molecule has 9 aromatic carbocycles. The quantitative estimate of drug-likeness (QED) is 0.163. The van der Waals surface area contributed by atoms with Gasteiger partial charge in [-0.1, -0.05) is 215 Å². The molecule has 0 unspecified atom stereocenters. The van der Waals surface area contributed by atoms with E-state index in [2.05, 4.69) is 273 Å². The molecule has 5 heteroatoms. The Kier molecular flexibility index (Phi) is 9.55. The molecule has 0 radical (unpaired) electrons. The van der Waals surface area contributed by atoms with Crippen LogP contribution in [-0.2, 0) is 21.7 Å². The van der Waals surface area contributed by atoms with E-state index in [-0.39, 0.29) is 35.1 Å². The maximum atomic E-state index is 2.79. The fraction of sp³-hybridized carbons (Fsp3) is 0.229. The first-order valence-electron chi connectivity index (χ1n) is 27.3. The van der Waals surface area contributed by atoms with Gasteiger partial charge in [0, 0.05) is 39.2 Å². The van der Waals surface area contributed by atoms with Crippen molar-refractivity contribution in [2.45, 2.75) is 105 Å². The molecule has 366 valence electrons. The molecule has 5 heterocycles. The fourth-order valence-corrected chi connectivity index (χ4v) is 13.5. The SMILES string of the molecule is CC(C)(C)c1ccc2c(c1)-c1cc(C(C)(C)C)cc3c1B2c1cc(-n2c4ccccc4c4ccccc42)c(N(c2ccccc2)c2ccccc2)c2c1N3c1cc(C(C)(C)C)cc3c1B2c1ccc(C(C)(C)C)cc1-3. The first kappa shape index (κ1) is 46.1. The molecule has 10 aromatic rings. The zero-order valence-corrected chi connectivity index (χ0v) is 45.7. The number of rotatable bonds is 4. The summed E-state index contributed by atoms with van der Waals surface area (Å²) < 4.78 is 2.62. The lowest BCUT2D eigenvalue weighted by molar-refractivity contribution is 0.589. The third-order valence-electron chi connectivity index (χ3n) is 17.4. The molecule has 0 atom stereocenters. The summed E-state index contributed by atoms with van der Waals surface area (Å²) in [5.74, 6) is 0. The number of fused-ring (bicyclic) bond motifs is 13. The van der Waals surface area contributed by atoms with Gasteiger partial charge in [0.2, 0.25) is 6.71 Å². The average molecular weight is 970 g/mol. The maximum absolute atomic E-state index is 2.79. The Balaban J connectivity index is 1.25. The molecule has 0 saturated heterocycles. The van der Waals surface area contributed by atoms with Gasteiger partial charge >= 0.3 is 0 Å². The number of aromatic nitrogens is 1. The summed E-state index contributed by atoms with van der Waals surface area (Å²) in [5, 5.41) is 2.51. The molecule has 0 amide bonds. The van der Waals surface area contributed by atoms with Crippen LogP contribution >= 0.6 is 0 Å². The van der Waals surface area contributed by atoms with Crippen LogP contribution in [0.5, 0.6) is 0 Å². The molecule has 1 aromatic heterocycles. The molecule has 4 aliphatic rings. The number of anilines is 6. The third-order valence-corrected chi connectivity index (χ3v) is 17.4. The molecule has 3 nitrogen and oxygen atoms in total. The van der Waals surface area contributed by atoms with Crippen LogP contribution in [0, 0.1) is 0 Å². The summed E-state index contributed by atoms with van der Waals surface area (Å²) in [5.41, 5.74) is 29.9. The van der Waals surface area contributed by atoms with E-state index in [1.807, 2.05) is 0 Å². The van der Waals surface area contributed by atoms with E-state index in [9.17, 15) is 0 Å². The van der Waals surface area contributed by atoms with Crippen molar-refractivity contribution in [3.63, 3.8) is 0 Å². The minimum atomic E-state index is -0.107. The monoisotopic (exact) mass is 970 g/mol. The first-order valence-corrected chi connectivity index (χ1v) is 27.3. The molecule has 4 aliphatic heterocycles. The average Bonchev–Trinajstić information content (AvgIpc) is 4.05. The van der Waals surface area contributed by atoms with Crippen LogP contribution in [-0.4, -0.2) is 18.0 Å². The van der Waals surface area contributed by atoms with Crippen molar-refractivity contribution in [2.24, 2.45) is 0 Å². The van der Waals surface area contributed by atoms with Crippen molar-refractivity contribution < 1.29 is 0 Å². The number of nitrogens with zero attached hydrogens (tertiary/aromatic N) is 3. The number of hydrogen-bond acceptors (Lipinski definition) is 2. The predicted octanol–water partition coefficient (Wildman–Crippen LogP) is 14.5. The molecular formula is C70H65B2N3. The highest BCUT2D eigenvalue weighted by Crippen LogP contribution is 2.52. The number of para-hydroxylation sites is 4. The van der Waals surface area contributed by atoms with Crippen molar-refractivity contribution in [1.29, 1.82) is 0 Å². The van der Waals surface area contributed by atoms with E-state index in [1.165, 1.54) is 128 Å². The van der Waals surface area contributed by atoms with Crippen LogP contribution in [0.25, 0.3) is 49.7 Å². The van der Waals surface area contributed by atoms with E-state index in [1.54, 1.807) is 0 Å². The summed E-state index contributed by atoms with van der Waals surface area (Å²) in [4.78, 5) is 5.40. The Labute approximate surface area is 445 Å². The van der Waals surface area contributed by atoms with Crippen molar-refractivity contribution in [1.82, 2.24) is 4.57 Å². The lowest BCUT2D eigenvalue weighted by Crippen LogP contribution is -2.64. The van der Waals surface area contributed by atoms with Gasteiger partial charge in [-0.3, -0.25) is 0 Å². The molecule has 0 spiro atoms. The van der Waals surface area contributed by atoms with E-state index < -0.39 is 0 Å². The highest BCUT2D eigenvalue weighted by Gasteiger charge is 2.53. The van der Waals surface area contributed by atoms with Gasteiger partial charge in [0.15, 0.2) is 0 Å². The second-order valence-corrected chi connectivity index (χ2v) is 26.2. The topological polar surface area (TPSA) is 11.4 Å². The summed E-state index contributed by atoms with van der Waals surface area (Å²) in [6.45, 7) is 28.4. The Morgan fingerprint density at radius 3 is 1.23 bits per heavy atom. The van der Waals surface area contributed by atoms with Crippen molar-refractivity contribution >= 4 is 102 Å². The van der Waals surface area contributed by atoms with E-state index in [4.69, 9.17) is 0 Å². The van der Waals surface area contributed by atoms with Gasteiger partial charge in [0.25, 0.3) is 6.71 Å². The Hall–Kier alpha value is -7.49.